The van der Waals surface area contributed by atoms with E-state index in [4.69, 9.17) is 11.6 Å². The van der Waals surface area contributed by atoms with Crippen LogP contribution in [0.2, 0.25) is 0 Å². The van der Waals surface area contributed by atoms with Crippen molar-refractivity contribution in [2.75, 3.05) is 12.4 Å². The molecule has 1 aliphatic rings. The molecule has 0 bridgehead atoms. The monoisotopic (exact) mass is 267 g/mol. The molecule has 3 nitrogen and oxygen atoms in total. The fraction of sp³-hybridized carbons (Fsp3) is 1.00. The van der Waals surface area contributed by atoms with Gasteiger partial charge in [0.2, 0.25) is 10.0 Å². The molecule has 0 aromatic rings. The van der Waals surface area contributed by atoms with Crippen LogP contribution < -0.4 is 0 Å². The minimum absolute atomic E-state index is 0.169. The highest BCUT2D eigenvalue weighted by Gasteiger charge is 2.40. The Labute approximate surface area is 104 Å². The topological polar surface area (TPSA) is 37.4 Å². The van der Waals surface area contributed by atoms with E-state index in [-0.39, 0.29) is 6.04 Å². The van der Waals surface area contributed by atoms with Gasteiger partial charge in [0.25, 0.3) is 0 Å². The molecule has 0 aromatic heterocycles. The van der Waals surface area contributed by atoms with Crippen LogP contribution in [0.25, 0.3) is 0 Å². The Hall–Kier alpha value is 0.200. The van der Waals surface area contributed by atoms with E-state index in [1.54, 1.807) is 25.1 Å². The number of hydrogen-bond donors (Lipinski definition) is 0. The van der Waals surface area contributed by atoms with Crippen LogP contribution in [0.5, 0.6) is 0 Å². The number of sulfonamides is 1. The van der Waals surface area contributed by atoms with E-state index in [0.717, 1.165) is 25.7 Å². The normalized spacial score (nSPS) is 23.9. The molecule has 0 amide bonds. The van der Waals surface area contributed by atoms with Crippen molar-refractivity contribution in [3.63, 3.8) is 0 Å². The molecule has 0 N–H and O–H groups in total. The molecule has 0 saturated carbocycles. The molecule has 96 valence electrons. The molecule has 0 aliphatic carbocycles. The predicted octanol–water partition coefficient (Wildman–Crippen LogP) is 2.60. The Kier molecular flexibility index (Phi) is 4.66. The lowest BCUT2D eigenvalue weighted by Crippen LogP contribution is -2.45. The third-order valence-electron chi connectivity index (χ3n) is 3.08. The van der Waals surface area contributed by atoms with Crippen molar-refractivity contribution in [3.05, 3.63) is 0 Å². The summed E-state index contributed by atoms with van der Waals surface area (Å²) in [5.74, 6) is 0.611. The molecule has 1 unspecified atom stereocenters. The zero-order valence-corrected chi connectivity index (χ0v) is 11.9. The summed E-state index contributed by atoms with van der Waals surface area (Å²) in [5.41, 5.74) is 0. The van der Waals surface area contributed by atoms with Gasteiger partial charge in [-0.2, -0.15) is 4.31 Å². The fourth-order valence-corrected chi connectivity index (χ4v) is 3.91. The summed E-state index contributed by atoms with van der Waals surface area (Å²) >= 11 is 5.66. The number of hydrogen-bond acceptors (Lipinski definition) is 2. The van der Waals surface area contributed by atoms with E-state index in [0.29, 0.717) is 12.4 Å². The highest BCUT2D eigenvalue weighted by atomic mass is 35.5. The van der Waals surface area contributed by atoms with Gasteiger partial charge in [-0.25, -0.2) is 8.42 Å². The number of rotatable bonds is 4. The van der Waals surface area contributed by atoms with Crippen LogP contribution in [0.1, 0.15) is 46.5 Å². The molecule has 0 radical (unpaired) electrons. The first-order valence-electron chi connectivity index (χ1n) is 5.88. The summed E-state index contributed by atoms with van der Waals surface area (Å²) in [6.45, 7) is 5.96. The van der Waals surface area contributed by atoms with Crippen LogP contribution in [-0.4, -0.2) is 35.9 Å². The highest BCUT2D eigenvalue weighted by Crippen LogP contribution is 2.30. The van der Waals surface area contributed by atoms with Crippen LogP contribution in [-0.2, 0) is 10.0 Å². The molecule has 1 saturated heterocycles. The van der Waals surface area contributed by atoms with Gasteiger partial charge in [0.05, 0.1) is 4.75 Å². The second-order valence-electron chi connectivity index (χ2n) is 5.36. The lowest BCUT2D eigenvalue weighted by Gasteiger charge is -2.31. The van der Waals surface area contributed by atoms with Gasteiger partial charge in [0, 0.05) is 18.5 Å². The standard InChI is InChI=1S/C11H22ClNO2S/c1-11(2,3)16(14,15)13-9-5-7-10(13)6-4-8-12/h10H,4-9H2,1-3H3. The zero-order chi connectivity index (χ0) is 12.4. The minimum atomic E-state index is -3.17. The Morgan fingerprint density at radius 3 is 2.50 bits per heavy atom. The smallest absolute Gasteiger partial charge is 0.212 e. The van der Waals surface area contributed by atoms with Crippen LogP contribution in [0, 0.1) is 0 Å². The summed E-state index contributed by atoms with van der Waals surface area (Å²) in [6, 6.07) is 0.169. The molecule has 1 atom stereocenters. The molecule has 16 heavy (non-hydrogen) atoms. The van der Waals surface area contributed by atoms with Crippen molar-refractivity contribution in [2.24, 2.45) is 0 Å². The van der Waals surface area contributed by atoms with Crippen molar-refractivity contribution < 1.29 is 8.42 Å². The van der Waals surface area contributed by atoms with Gasteiger partial charge in [-0.3, -0.25) is 0 Å². The summed E-state index contributed by atoms with van der Waals surface area (Å²) < 4.78 is 25.6. The lowest BCUT2D eigenvalue weighted by molar-refractivity contribution is 0.356. The first kappa shape index (κ1) is 14.3. The molecule has 5 heteroatoms. The number of alkyl halides is 1. The van der Waals surface area contributed by atoms with Crippen molar-refractivity contribution in [1.29, 1.82) is 0 Å². The third kappa shape index (κ3) is 2.90. The Bertz CT molecular complexity index is 321. The van der Waals surface area contributed by atoms with Gasteiger partial charge in [-0.1, -0.05) is 0 Å². The molecule has 1 fully saturated rings. The van der Waals surface area contributed by atoms with Crippen molar-refractivity contribution in [2.45, 2.75) is 57.2 Å². The fourth-order valence-electron chi connectivity index (χ4n) is 2.08. The van der Waals surface area contributed by atoms with Crippen LogP contribution in [0.15, 0.2) is 0 Å². The Morgan fingerprint density at radius 1 is 1.38 bits per heavy atom. The average Bonchev–Trinajstić information content (AvgIpc) is 2.61. The quantitative estimate of drug-likeness (QED) is 0.735. The van der Waals surface area contributed by atoms with Gasteiger partial charge < -0.3 is 0 Å². The van der Waals surface area contributed by atoms with Crippen LogP contribution >= 0.6 is 11.6 Å². The highest BCUT2D eigenvalue weighted by molar-refractivity contribution is 7.90. The maximum Gasteiger partial charge on any atom is 0.219 e. The maximum atomic E-state index is 12.3. The molecular formula is C11H22ClNO2S. The van der Waals surface area contributed by atoms with E-state index in [1.807, 2.05) is 0 Å². The zero-order valence-electron chi connectivity index (χ0n) is 10.4. The molecule has 1 aliphatic heterocycles. The van der Waals surface area contributed by atoms with Gasteiger partial charge in [0.1, 0.15) is 0 Å². The number of nitrogens with zero attached hydrogens (tertiary/aromatic N) is 1. The molecular weight excluding hydrogens is 246 g/mol. The van der Waals surface area contributed by atoms with Crippen molar-refractivity contribution in [3.8, 4) is 0 Å². The van der Waals surface area contributed by atoms with Gasteiger partial charge in [0.15, 0.2) is 0 Å². The third-order valence-corrected chi connectivity index (χ3v) is 5.99. The van der Waals surface area contributed by atoms with Crippen molar-refractivity contribution >= 4 is 21.6 Å². The molecule has 1 rings (SSSR count). The van der Waals surface area contributed by atoms with E-state index in [2.05, 4.69) is 0 Å². The van der Waals surface area contributed by atoms with Crippen LogP contribution in [0.3, 0.4) is 0 Å². The SMILES string of the molecule is CC(C)(C)S(=O)(=O)N1CCCC1CCCCl. The Morgan fingerprint density at radius 2 is 2.00 bits per heavy atom. The van der Waals surface area contributed by atoms with Crippen LogP contribution in [0.4, 0.5) is 0 Å². The largest absolute Gasteiger partial charge is 0.219 e. The first-order chi connectivity index (χ1) is 7.30. The molecule has 0 aromatic carbocycles. The molecule has 1 heterocycles. The van der Waals surface area contributed by atoms with Gasteiger partial charge in [-0.15, -0.1) is 11.6 Å². The van der Waals surface area contributed by atoms with Crippen molar-refractivity contribution in [1.82, 2.24) is 4.31 Å². The first-order valence-corrected chi connectivity index (χ1v) is 7.85. The van der Waals surface area contributed by atoms with E-state index >= 15 is 0 Å². The second-order valence-corrected chi connectivity index (χ2v) is 8.38. The summed E-state index contributed by atoms with van der Waals surface area (Å²) in [7, 11) is -3.17. The van der Waals surface area contributed by atoms with E-state index in [9.17, 15) is 8.42 Å². The second kappa shape index (κ2) is 5.23. The van der Waals surface area contributed by atoms with E-state index in [1.165, 1.54) is 0 Å². The summed E-state index contributed by atoms with van der Waals surface area (Å²) in [6.07, 6.45) is 3.73. The van der Waals surface area contributed by atoms with Gasteiger partial charge >= 0.3 is 0 Å². The maximum absolute atomic E-state index is 12.3. The Balaban J connectivity index is 2.79. The number of halogens is 1. The average molecular weight is 268 g/mol. The lowest BCUT2D eigenvalue weighted by atomic mass is 10.1. The van der Waals surface area contributed by atoms with E-state index < -0.39 is 14.8 Å². The summed E-state index contributed by atoms with van der Waals surface area (Å²) in [4.78, 5) is 0. The predicted molar refractivity (Wildman–Crippen MR) is 68.4 cm³/mol. The minimum Gasteiger partial charge on any atom is -0.212 e. The van der Waals surface area contributed by atoms with Gasteiger partial charge in [-0.05, 0) is 46.5 Å². The molecule has 0 spiro atoms. The summed E-state index contributed by atoms with van der Waals surface area (Å²) in [5, 5.41) is 0.